The summed E-state index contributed by atoms with van der Waals surface area (Å²) in [5, 5.41) is 0. The molecule has 0 bridgehead atoms. The molecule has 0 radical (unpaired) electrons. The molecule has 1 atom stereocenters. The van der Waals surface area contributed by atoms with Gasteiger partial charge in [-0.25, -0.2) is 4.98 Å². The molecule has 0 N–H and O–H groups in total. The molecule has 5 heteroatoms. The summed E-state index contributed by atoms with van der Waals surface area (Å²) in [6.45, 7) is 18.2. The summed E-state index contributed by atoms with van der Waals surface area (Å²) in [7, 11) is 0. The maximum Gasteiger partial charge on any atom is 0.228 e. The summed E-state index contributed by atoms with van der Waals surface area (Å²) in [5.74, 6) is 2.60. The molecular weight excluding hydrogens is 288 g/mol. The predicted molar refractivity (Wildman–Crippen MR) is 95.1 cm³/mol. The first-order valence-electron chi connectivity index (χ1n) is 8.73. The SMILES string of the molecule is CC(C)[C@H](C)COc1ccnc(N2CCN(C(C)(C)C)CC2)n1. The summed E-state index contributed by atoms with van der Waals surface area (Å²) in [6, 6.07) is 1.85. The molecule has 0 aromatic carbocycles. The number of anilines is 1. The molecular formula is C18H32N4O. The number of hydrogen-bond donors (Lipinski definition) is 0. The van der Waals surface area contributed by atoms with Crippen molar-refractivity contribution in [2.45, 2.75) is 47.1 Å². The Morgan fingerprint density at radius 2 is 1.78 bits per heavy atom. The molecule has 1 aromatic rings. The second-order valence-corrected chi connectivity index (χ2v) is 7.87. The van der Waals surface area contributed by atoms with Crippen molar-refractivity contribution in [3.63, 3.8) is 0 Å². The van der Waals surface area contributed by atoms with Crippen molar-refractivity contribution in [2.24, 2.45) is 11.8 Å². The van der Waals surface area contributed by atoms with Gasteiger partial charge in [-0.05, 0) is 32.6 Å². The van der Waals surface area contributed by atoms with E-state index in [1.54, 1.807) is 6.20 Å². The molecule has 1 saturated heterocycles. The highest BCUT2D eigenvalue weighted by Gasteiger charge is 2.26. The van der Waals surface area contributed by atoms with Crippen LogP contribution in [0.2, 0.25) is 0 Å². The summed E-state index contributed by atoms with van der Waals surface area (Å²) in [5.41, 5.74) is 0.227. The lowest BCUT2D eigenvalue weighted by molar-refractivity contribution is 0.128. The third-order valence-electron chi connectivity index (χ3n) is 4.76. The Labute approximate surface area is 141 Å². The van der Waals surface area contributed by atoms with E-state index in [-0.39, 0.29) is 5.54 Å². The first kappa shape index (κ1) is 18.0. The Hall–Kier alpha value is -1.36. The Morgan fingerprint density at radius 3 is 2.35 bits per heavy atom. The fraction of sp³-hybridized carbons (Fsp3) is 0.778. The van der Waals surface area contributed by atoms with Gasteiger partial charge in [-0.1, -0.05) is 20.8 Å². The van der Waals surface area contributed by atoms with Crippen molar-refractivity contribution in [1.29, 1.82) is 0 Å². The van der Waals surface area contributed by atoms with Crippen LogP contribution in [0.3, 0.4) is 0 Å². The third kappa shape index (κ3) is 5.06. The van der Waals surface area contributed by atoms with E-state index in [1.165, 1.54) is 0 Å². The van der Waals surface area contributed by atoms with Crippen LogP contribution in [0.5, 0.6) is 5.88 Å². The van der Waals surface area contributed by atoms with Crippen LogP contribution in [0.15, 0.2) is 12.3 Å². The molecule has 1 aliphatic heterocycles. The maximum absolute atomic E-state index is 5.85. The molecule has 0 spiro atoms. The zero-order valence-corrected chi connectivity index (χ0v) is 15.5. The second-order valence-electron chi connectivity index (χ2n) is 7.87. The molecule has 2 heterocycles. The van der Waals surface area contributed by atoms with E-state index in [1.807, 2.05) is 6.07 Å². The normalized spacial score (nSPS) is 18.3. The quantitative estimate of drug-likeness (QED) is 0.834. The molecule has 1 aromatic heterocycles. The van der Waals surface area contributed by atoms with Gasteiger partial charge in [-0.15, -0.1) is 0 Å². The van der Waals surface area contributed by atoms with Crippen LogP contribution in [0.25, 0.3) is 0 Å². The maximum atomic E-state index is 5.85. The van der Waals surface area contributed by atoms with Gasteiger partial charge in [0.15, 0.2) is 0 Å². The molecule has 1 aliphatic rings. The van der Waals surface area contributed by atoms with Gasteiger partial charge >= 0.3 is 0 Å². The molecule has 0 unspecified atom stereocenters. The minimum absolute atomic E-state index is 0.227. The second kappa shape index (κ2) is 7.47. The van der Waals surface area contributed by atoms with Crippen LogP contribution < -0.4 is 9.64 Å². The zero-order valence-electron chi connectivity index (χ0n) is 15.5. The molecule has 23 heavy (non-hydrogen) atoms. The fourth-order valence-corrected chi connectivity index (χ4v) is 2.55. The standard InChI is InChI=1S/C18H32N4O/c1-14(2)15(3)13-23-16-7-8-19-17(20-16)21-9-11-22(12-10-21)18(4,5)6/h7-8,14-15H,9-13H2,1-6H3/t15-/m1/s1. The van der Waals surface area contributed by atoms with E-state index >= 15 is 0 Å². The molecule has 5 nitrogen and oxygen atoms in total. The highest BCUT2D eigenvalue weighted by Crippen LogP contribution is 2.20. The van der Waals surface area contributed by atoms with E-state index in [0.717, 1.165) is 32.1 Å². The molecule has 0 aliphatic carbocycles. The number of nitrogens with zero attached hydrogens (tertiary/aromatic N) is 4. The summed E-state index contributed by atoms with van der Waals surface area (Å²) in [4.78, 5) is 13.8. The molecule has 130 valence electrons. The van der Waals surface area contributed by atoms with Crippen molar-refractivity contribution in [1.82, 2.24) is 14.9 Å². The Balaban J connectivity index is 1.93. The van der Waals surface area contributed by atoms with Crippen molar-refractivity contribution in [3.8, 4) is 5.88 Å². The van der Waals surface area contributed by atoms with Gasteiger partial charge in [0, 0.05) is 44.0 Å². The first-order chi connectivity index (χ1) is 10.8. The van der Waals surface area contributed by atoms with Crippen molar-refractivity contribution in [3.05, 3.63) is 12.3 Å². The number of hydrogen-bond acceptors (Lipinski definition) is 5. The van der Waals surface area contributed by atoms with E-state index in [0.29, 0.717) is 24.3 Å². The van der Waals surface area contributed by atoms with Crippen LogP contribution in [-0.2, 0) is 0 Å². The predicted octanol–water partition coefficient (Wildman–Crippen LogP) is 3.07. The van der Waals surface area contributed by atoms with Gasteiger partial charge in [-0.2, -0.15) is 4.98 Å². The minimum atomic E-state index is 0.227. The summed E-state index contributed by atoms with van der Waals surface area (Å²) >= 11 is 0. The first-order valence-corrected chi connectivity index (χ1v) is 8.73. The van der Waals surface area contributed by atoms with Crippen LogP contribution in [0.4, 0.5) is 5.95 Å². The minimum Gasteiger partial charge on any atom is -0.477 e. The molecule has 0 saturated carbocycles. The van der Waals surface area contributed by atoms with Gasteiger partial charge in [0.25, 0.3) is 0 Å². The monoisotopic (exact) mass is 320 g/mol. The van der Waals surface area contributed by atoms with Gasteiger partial charge in [0.05, 0.1) is 6.61 Å². The summed E-state index contributed by atoms with van der Waals surface area (Å²) < 4.78 is 5.85. The molecule has 2 rings (SSSR count). The number of ether oxygens (including phenoxy) is 1. The van der Waals surface area contributed by atoms with Gasteiger partial charge in [-0.3, -0.25) is 4.90 Å². The van der Waals surface area contributed by atoms with Crippen molar-refractivity contribution < 1.29 is 4.74 Å². The highest BCUT2D eigenvalue weighted by molar-refractivity contribution is 5.32. The number of rotatable bonds is 5. The van der Waals surface area contributed by atoms with Crippen LogP contribution in [0, 0.1) is 11.8 Å². The highest BCUT2D eigenvalue weighted by atomic mass is 16.5. The van der Waals surface area contributed by atoms with Gasteiger partial charge in [0.2, 0.25) is 11.8 Å². The zero-order chi connectivity index (χ0) is 17.0. The third-order valence-corrected chi connectivity index (χ3v) is 4.76. The molecule has 0 amide bonds. The lowest BCUT2D eigenvalue weighted by Gasteiger charge is -2.42. The average Bonchev–Trinajstić information content (AvgIpc) is 2.52. The van der Waals surface area contributed by atoms with E-state index in [4.69, 9.17) is 4.74 Å². The Morgan fingerprint density at radius 1 is 1.13 bits per heavy atom. The van der Waals surface area contributed by atoms with E-state index in [9.17, 15) is 0 Å². The lowest BCUT2D eigenvalue weighted by Crippen LogP contribution is -2.53. The van der Waals surface area contributed by atoms with Crippen LogP contribution >= 0.6 is 0 Å². The lowest BCUT2D eigenvalue weighted by atomic mass is 9.99. The van der Waals surface area contributed by atoms with E-state index < -0.39 is 0 Å². The van der Waals surface area contributed by atoms with Crippen molar-refractivity contribution >= 4 is 5.95 Å². The summed E-state index contributed by atoms with van der Waals surface area (Å²) in [6.07, 6.45) is 1.80. The topological polar surface area (TPSA) is 41.5 Å². The van der Waals surface area contributed by atoms with Crippen LogP contribution in [-0.4, -0.2) is 53.2 Å². The number of aromatic nitrogens is 2. The number of piperazine rings is 1. The Bertz CT molecular complexity index is 490. The van der Waals surface area contributed by atoms with Gasteiger partial charge in [0.1, 0.15) is 0 Å². The smallest absolute Gasteiger partial charge is 0.228 e. The average molecular weight is 320 g/mol. The van der Waals surface area contributed by atoms with Crippen LogP contribution in [0.1, 0.15) is 41.5 Å². The Kier molecular flexibility index (Phi) is 5.84. The van der Waals surface area contributed by atoms with Crippen molar-refractivity contribution in [2.75, 3.05) is 37.7 Å². The molecule has 1 fully saturated rings. The largest absolute Gasteiger partial charge is 0.477 e. The van der Waals surface area contributed by atoms with Gasteiger partial charge < -0.3 is 9.64 Å². The van der Waals surface area contributed by atoms with E-state index in [2.05, 4.69) is 61.3 Å². The fourth-order valence-electron chi connectivity index (χ4n) is 2.55.